The van der Waals surface area contributed by atoms with Crippen molar-refractivity contribution < 1.29 is 9.53 Å². The molecule has 1 saturated heterocycles. The summed E-state index contributed by atoms with van der Waals surface area (Å²) in [5, 5.41) is 3.01. The van der Waals surface area contributed by atoms with Crippen LogP contribution in [0, 0.1) is 5.92 Å². The number of carbonyl (C=O) groups is 1. The van der Waals surface area contributed by atoms with Gasteiger partial charge in [-0.15, -0.1) is 0 Å². The van der Waals surface area contributed by atoms with Crippen molar-refractivity contribution in [1.82, 2.24) is 5.32 Å². The molecule has 2 atom stereocenters. The Hall–Kier alpha value is -0.570. The zero-order valence-electron chi connectivity index (χ0n) is 9.50. The highest BCUT2D eigenvalue weighted by Gasteiger charge is 2.43. The SMILES string of the molecule is CCC1OC1C(=O)NCC1CCCCC1. The first-order valence-electron chi connectivity index (χ1n) is 6.24. The number of carbonyl (C=O) groups excluding carboxylic acids is 1. The van der Waals surface area contributed by atoms with Gasteiger partial charge in [0.15, 0.2) is 6.10 Å². The number of amides is 1. The van der Waals surface area contributed by atoms with Crippen LogP contribution >= 0.6 is 0 Å². The van der Waals surface area contributed by atoms with Crippen molar-refractivity contribution in [3.8, 4) is 0 Å². The summed E-state index contributed by atoms with van der Waals surface area (Å²) in [4.78, 5) is 11.6. The van der Waals surface area contributed by atoms with Crippen LogP contribution in [0.2, 0.25) is 0 Å². The maximum atomic E-state index is 11.6. The van der Waals surface area contributed by atoms with E-state index < -0.39 is 0 Å². The van der Waals surface area contributed by atoms with Crippen molar-refractivity contribution in [2.75, 3.05) is 6.54 Å². The first-order valence-corrected chi connectivity index (χ1v) is 6.24. The lowest BCUT2D eigenvalue weighted by molar-refractivity contribution is -0.122. The first-order chi connectivity index (χ1) is 7.31. The van der Waals surface area contributed by atoms with E-state index in [0.717, 1.165) is 13.0 Å². The van der Waals surface area contributed by atoms with Crippen LogP contribution in [-0.4, -0.2) is 24.7 Å². The van der Waals surface area contributed by atoms with E-state index in [4.69, 9.17) is 4.74 Å². The molecule has 1 amide bonds. The normalized spacial score (nSPS) is 31.3. The van der Waals surface area contributed by atoms with Gasteiger partial charge in [-0.3, -0.25) is 4.79 Å². The Bertz CT molecular complexity index is 224. The molecule has 3 heteroatoms. The van der Waals surface area contributed by atoms with Crippen molar-refractivity contribution in [1.29, 1.82) is 0 Å². The van der Waals surface area contributed by atoms with Gasteiger partial charge in [-0.1, -0.05) is 26.2 Å². The van der Waals surface area contributed by atoms with Gasteiger partial charge >= 0.3 is 0 Å². The summed E-state index contributed by atoms with van der Waals surface area (Å²) >= 11 is 0. The fourth-order valence-electron chi connectivity index (χ4n) is 2.42. The van der Waals surface area contributed by atoms with Crippen molar-refractivity contribution in [3.05, 3.63) is 0 Å². The molecule has 0 aromatic heterocycles. The Balaban J connectivity index is 1.63. The molecule has 15 heavy (non-hydrogen) atoms. The van der Waals surface area contributed by atoms with Crippen LogP contribution in [0.1, 0.15) is 45.4 Å². The lowest BCUT2D eigenvalue weighted by Gasteiger charge is -2.21. The van der Waals surface area contributed by atoms with E-state index in [0.29, 0.717) is 5.92 Å². The zero-order valence-corrected chi connectivity index (χ0v) is 9.50. The summed E-state index contributed by atoms with van der Waals surface area (Å²) in [6.45, 7) is 2.91. The quantitative estimate of drug-likeness (QED) is 0.721. The standard InChI is InChI=1S/C12H21NO2/c1-2-10-11(15-10)12(14)13-8-9-6-4-3-5-7-9/h9-11H,2-8H2,1H3,(H,13,14). The predicted molar refractivity (Wildman–Crippen MR) is 58.5 cm³/mol. The molecule has 0 radical (unpaired) electrons. The molecular weight excluding hydrogens is 190 g/mol. The van der Waals surface area contributed by atoms with Crippen LogP contribution in [0.15, 0.2) is 0 Å². The molecule has 1 aliphatic heterocycles. The Kier molecular flexibility index (Phi) is 3.62. The van der Waals surface area contributed by atoms with E-state index in [2.05, 4.69) is 12.2 Å². The Labute approximate surface area is 91.6 Å². The molecule has 2 unspecified atom stereocenters. The topological polar surface area (TPSA) is 41.6 Å². The third-order valence-electron chi connectivity index (χ3n) is 3.53. The second kappa shape index (κ2) is 4.97. The summed E-state index contributed by atoms with van der Waals surface area (Å²) in [5.41, 5.74) is 0. The summed E-state index contributed by atoms with van der Waals surface area (Å²) in [5.74, 6) is 0.814. The van der Waals surface area contributed by atoms with Crippen LogP contribution < -0.4 is 5.32 Å². The molecule has 1 heterocycles. The van der Waals surface area contributed by atoms with Gasteiger partial charge in [0, 0.05) is 6.54 Å². The van der Waals surface area contributed by atoms with E-state index in [-0.39, 0.29) is 18.1 Å². The van der Waals surface area contributed by atoms with E-state index >= 15 is 0 Å². The zero-order chi connectivity index (χ0) is 10.7. The molecule has 3 nitrogen and oxygen atoms in total. The van der Waals surface area contributed by atoms with E-state index in [1.807, 2.05) is 0 Å². The molecule has 0 bridgehead atoms. The van der Waals surface area contributed by atoms with Gasteiger partial charge in [0.2, 0.25) is 0 Å². The summed E-state index contributed by atoms with van der Waals surface area (Å²) in [6.07, 6.45) is 7.59. The van der Waals surface area contributed by atoms with Gasteiger partial charge in [-0.05, 0) is 25.2 Å². The minimum absolute atomic E-state index is 0.104. The first kappa shape index (κ1) is 10.9. The minimum atomic E-state index is -0.140. The number of nitrogens with one attached hydrogen (secondary N) is 1. The Morgan fingerprint density at radius 3 is 2.67 bits per heavy atom. The van der Waals surface area contributed by atoms with E-state index in [1.54, 1.807) is 0 Å². The molecule has 2 rings (SSSR count). The largest absolute Gasteiger partial charge is 0.359 e. The summed E-state index contributed by atoms with van der Waals surface area (Å²) < 4.78 is 5.26. The van der Waals surface area contributed by atoms with Crippen molar-refractivity contribution >= 4 is 5.91 Å². The molecule has 86 valence electrons. The molecule has 0 aromatic carbocycles. The molecule has 1 aliphatic carbocycles. The van der Waals surface area contributed by atoms with E-state index in [9.17, 15) is 4.79 Å². The third kappa shape index (κ3) is 2.94. The van der Waals surface area contributed by atoms with Crippen LogP contribution in [0.3, 0.4) is 0 Å². The Morgan fingerprint density at radius 2 is 2.07 bits per heavy atom. The molecule has 0 aromatic rings. The lowest BCUT2D eigenvalue weighted by Crippen LogP contribution is -2.34. The maximum absolute atomic E-state index is 11.6. The summed E-state index contributed by atoms with van der Waals surface area (Å²) in [7, 11) is 0. The number of epoxide rings is 1. The fourth-order valence-corrected chi connectivity index (χ4v) is 2.42. The lowest BCUT2D eigenvalue weighted by atomic mass is 9.89. The molecule has 0 spiro atoms. The van der Waals surface area contributed by atoms with Crippen molar-refractivity contribution in [2.45, 2.75) is 57.7 Å². The second-order valence-corrected chi connectivity index (χ2v) is 4.75. The van der Waals surface area contributed by atoms with Gasteiger partial charge < -0.3 is 10.1 Å². The number of hydrogen-bond acceptors (Lipinski definition) is 2. The molecule has 1 saturated carbocycles. The van der Waals surface area contributed by atoms with Gasteiger partial charge in [0.05, 0.1) is 6.10 Å². The monoisotopic (exact) mass is 211 g/mol. The second-order valence-electron chi connectivity index (χ2n) is 4.75. The predicted octanol–water partition coefficient (Wildman–Crippen LogP) is 1.86. The molecule has 2 fully saturated rings. The molecule has 2 aliphatic rings. The highest BCUT2D eigenvalue weighted by atomic mass is 16.6. The minimum Gasteiger partial charge on any atom is -0.359 e. The van der Waals surface area contributed by atoms with Gasteiger partial charge in [0.1, 0.15) is 0 Å². The average Bonchev–Trinajstić information content (AvgIpc) is 3.06. The average molecular weight is 211 g/mol. The highest BCUT2D eigenvalue weighted by Crippen LogP contribution is 2.26. The smallest absolute Gasteiger partial charge is 0.251 e. The molecule has 1 N–H and O–H groups in total. The summed E-state index contributed by atoms with van der Waals surface area (Å²) in [6, 6.07) is 0. The number of ether oxygens (including phenoxy) is 1. The number of hydrogen-bond donors (Lipinski definition) is 1. The van der Waals surface area contributed by atoms with Crippen LogP contribution in [-0.2, 0) is 9.53 Å². The van der Waals surface area contributed by atoms with Gasteiger partial charge in [-0.2, -0.15) is 0 Å². The highest BCUT2D eigenvalue weighted by molar-refractivity contribution is 5.83. The maximum Gasteiger partial charge on any atom is 0.251 e. The van der Waals surface area contributed by atoms with Crippen molar-refractivity contribution in [3.63, 3.8) is 0 Å². The third-order valence-corrected chi connectivity index (χ3v) is 3.53. The Morgan fingerprint density at radius 1 is 1.33 bits per heavy atom. The number of rotatable bonds is 4. The van der Waals surface area contributed by atoms with Gasteiger partial charge in [0.25, 0.3) is 5.91 Å². The van der Waals surface area contributed by atoms with Crippen LogP contribution in [0.25, 0.3) is 0 Å². The van der Waals surface area contributed by atoms with Crippen LogP contribution in [0.5, 0.6) is 0 Å². The fraction of sp³-hybridized carbons (Fsp3) is 0.917. The van der Waals surface area contributed by atoms with E-state index in [1.165, 1.54) is 32.1 Å². The van der Waals surface area contributed by atoms with Crippen LogP contribution in [0.4, 0.5) is 0 Å². The van der Waals surface area contributed by atoms with Gasteiger partial charge in [-0.25, -0.2) is 0 Å². The van der Waals surface area contributed by atoms with Crippen molar-refractivity contribution in [2.24, 2.45) is 5.92 Å². The molecular formula is C12H21NO2.